The zero-order valence-electron chi connectivity index (χ0n) is 12.4. The third-order valence-corrected chi connectivity index (χ3v) is 4.18. The Kier molecular flexibility index (Phi) is 5.36. The van der Waals surface area contributed by atoms with Crippen molar-refractivity contribution in [1.29, 1.82) is 0 Å². The highest BCUT2D eigenvalue weighted by Crippen LogP contribution is 2.38. The molecule has 0 saturated carbocycles. The van der Waals surface area contributed by atoms with Crippen molar-refractivity contribution in [2.24, 2.45) is 5.92 Å². The molecule has 0 radical (unpaired) electrons. The molecule has 0 amide bonds. The first kappa shape index (κ1) is 16.1. The maximum atomic E-state index is 6.33. The van der Waals surface area contributed by atoms with Gasteiger partial charge in [0.2, 0.25) is 0 Å². The normalized spacial score (nSPS) is 23.9. The standard InChI is InChI=1S/C16H23Cl2NO/c1-16(2,3)19-10-11-5-4-8-20-15(11)13-9-12(17)6-7-14(13)18/h6-7,9,11,15,19H,4-5,8,10H2,1-3H3. The Morgan fingerprint density at radius 2 is 2.05 bits per heavy atom. The van der Waals surface area contributed by atoms with Crippen LogP contribution in [0.1, 0.15) is 45.3 Å². The fraction of sp³-hybridized carbons (Fsp3) is 0.625. The monoisotopic (exact) mass is 315 g/mol. The van der Waals surface area contributed by atoms with Crippen LogP contribution in [0.25, 0.3) is 0 Å². The molecule has 1 N–H and O–H groups in total. The van der Waals surface area contributed by atoms with Crippen LogP contribution in [-0.4, -0.2) is 18.7 Å². The van der Waals surface area contributed by atoms with Gasteiger partial charge in [-0.25, -0.2) is 0 Å². The van der Waals surface area contributed by atoms with E-state index >= 15 is 0 Å². The first-order chi connectivity index (χ1) is 9.37. The number of nitrogens with one attached hydrogen (secondary N) is 1. The molecule has 1 heterocycles. The van der Waals surface area contributed by atoms with Gasteiger partial charge in [0.1, 0.15) is 0 Å². The number of halogens is 2. The second-order valence-electron chi connectivity index (χ2n) is 6.49. The van der Waals surface area contributed by atoms with E-state index in [2.05, 4.69) is 26.1 Å². The van der Waals surface area contributed by atoms with Crippen LogP contribution < -0.4 is 5.32 Å². The van der Waals surface area contributed by atoms with E-state index in [0.717, 1.165) is 36.6 Å². The summed E-state index contributed by atoms with van der Waals surface area (Å²) >= 11 is 12.4. The SMILES string of the molecule is CC(C)(C)NCC1CCCOC1c1cc(Cl)ccc1Cl. The van der Waals surface area contributed by atoms with Crippen molar-refractivity contribution in [3.63, 3.8) is 0 Å². The van der Waals surface area contributed by atoms with E-state index in [-0.39, 0.29) is 11.6 Å². The molecule has 1 fully saturated rings. The molecule has 0 aromatic heterocycles. The first-order valence-electron chi connectivity index (χ1n) is 7.18. The molecule has 0 spiro atoms. The Labute approximate surface area is 131 Å². The van der Waals surface area contributed by atoms with Gasteiger partial charge in [-0.1, -0.05) is 23.2 Å². The molecular formula is C16H23Cl2NO. The summed E-state index contributed by atoms with van der Waals surface area (Å²) in [6, 6.07) is 5.61. The lowest BCUT2D eigenvalue weighted by atomic mass is 9.88. The average molecular weight is 316 g/mol. The summed E-state index contributed by atoms with van der Waals surface area (Å²) in [5.74, 6) is 0.430. The highest BCUT2D eigenvalue weighted by atomic mass is 35.5. The molecule has 1 aliphatic heterocycles. The average Bonchev–Trinajstić information content (AvgIpc) is 2.39. The molecule has 4 heteroatoms. The summed E-state index contributed by atoms with van der Waals surface area (Å²) < 4.78 is 5.99. The lowest BCUT2D eigenvalue weighted by Crippen LogP contribution is -2.41. The van der Waals surface area contributed by atoms with Crippen LogP contribution in [0.15, 0.2) is 18.2 Å². The number of hydrogen-bond acceptors (Lipinski definition) is 2. The van der Waals surface area contributed by atoms with Crippen LogP contribution in [0.4, 0.5) is 0 Å². The van der Waals surface area contributed by atoms with Gasteiger partial charge in [0.25, 0.3) is 0 Å². The molecule has 112 valence electrons. The maximum absolute atomic E-state index is 6.33. The van der Waals surface area contributed by atoms with E-state index in [1.54, 1.807) is 0 Å². The fourth-order valence-electron chi connectivity index (χ4n) is 2.57. The van der Waals surface area contributed by atoms with E-state index in [4.69, 9.17) is 27.9 Å². The highest BCUT2D eigenvalue weighted by molar-refractivity contribution is 6.33. The molecule has 2 atom stereocenters. The molecule has 1 aromatic rings. The van der Waals surface area contributed by atoms with Crippen LogP contribution in [0.3, 0.4) is 0 Å². The van der Waals surface area contributed by atoms with Crippen molar-refractivity contribution in [3.05, 3.63) is 33.8 Å². The molecule has 2 unspecified atom stereocenters. The summed E-state index contributed by atoms with van der Waals surface area (Å²) in [6.45, 7) is 8.25. The third kappa shape index (κ3) is 4.36. The van der Waals surface area contributed by atoms with Crippen LogP contribution in [0, 0.1) is 5.92 Å². The highest BCUT2D eigenvalue weighted by Gasteiger charge is 2.29. The van der Waals surface area contributed by atoms with E-state index < -0.39 is 0 Å². The van der Waals surface area contributed by atoms with Gasteiger partial charge in [0.05, 0.1) is 6.10 Å². The molecule has 1 saturated heterocycles. The van der Waals surface area contributed by atoms with Gasteiger partial charge in [-0.15, -0.1) is 0 Å². The minimum atomic E-state index is 0.0322. The third-order valence-electron chi connectivity index (χ3n) is 3.60. The fourth-order valence-corrected chi connectivity index (χ4v) is 2.97. The van der Waals surface area contributed by atoms with E-state index in [0.29, 0.717) is 10.9 Å². The van der Waals surface area contributed by atoms with Gasteiger partial charge in [0, 0.05) is 40.2 Å². The lowest BCUT2D eigenvalue weighted by Gasteiger charge is -2.35. The molecule has 0 aliphatic carbocycles. The van der Waals surface area contributed by atoms with Gasteiger partial charge in [0.15, 0.2) is 0 Å². The Hall–Kier alpha value is -0.280. The Morgan fingerprint density at radius 3 is 2.75 bits per heavy atom. The second-order valence-corrected chi connectivity index (χ2v) is 7.33. The second kappa shape index (κ2) is 6.65. The summed E-state index contributed by atoms with van der Waals surface area (Å²) in [7, 11) is 0. The zero-order chi connectivity index (χ0) is 14.8. The number of ether oxygens (including phenoxy) is 1. The predicted octanol–water partition coefficient (Wildman–Crippen LogP) is 4.85. The molecule has 0 bridgehead atoms. The van der Waals surface area contributed by atoms with Gasteiger partial charge < -0.3 is 10.1 Å². The smallest absolute Gasteiger partial charge is 0.0880 e. The number of hydrogen-bond donors (Lipinski definition) is 1. The molecule has 2 nitrogen and oxygen atoms in total. The number of benzene rings is 1. The van der Waals surface area contributed by atoms with Crippen molar-refractivity contribution >= 4 is 23.2 Å². The molecule has 2 rings (SSSR count). The van der Waals surface area contributed by atoms with E-state index in [1.807, 2.05) is 18.2 Å². The maximum Gasteiger partial charge on any atom is 0.0880 e. The Balaban J connectivity index is 2.16. The van der Waals surface area contributed by atoms with Gasteiger partial charge in [-0.3, -0.25) is 0 Å². The topological polar surface area (TPSA) is 21.3 Å². The van der Waals surface area contributed by atoms with Gasteiger partial charge in [-0.2, -0.15) is 0 Å². The zero-order valence-corrected chi connectivity index (χ0v) is 13.9. The largest absolute Gasteiger partial charge is 0.373 e. The summed E-state index contributed by atoms with van der Waals surface area (Å²) in [4.78, 5) is 0. The molecular weight excluding hydrogens is 293 g/mol. The van der Waals surface area contributed by atoms with Crippen LogP contribution >= 0.6 is 23.2 Å². The summed E-state index contributed by atoms with van der Waals surface area (Å²) in [6.07, 6.45) is 2.28. The van der Waals surface area contributed by atoms with Gasteiger partial charge >= 0.3 is 0 Å². The Morgan fingerprint density at radius 1 is 1.30 bits per heavy atom. The molecule has 20 heavy (non-hydrogen) atoms. The van der Waals surface area contributed by atoms with E-state index in [1.165, 1.54) is 0 Å². The van der Waals surface area contributed by atoms with Crippen molar-refractivity contribution in [2.75, 3.05) is 13.2 Å². The minimum Gasteiger partial charge on any atom is -0.373 e. The van der Waals surface area contributed by atoms with Gasteiger partial charge in [-0.05, 0) is 51.8 Å². The van der Waals surface area contributed by atoms with Crippen LogP contribution in [-0.2, 0) is 4.74 Å². The van der Waals surface area contributed by atoms with E-state index in [9.17, 15) is 0 Å². The minimum absolute atomic E-state index is 0.0322. The summed E-state index contributed by atoms with van der Waals surface area (Å²) in [5.41, 5.74) is 1.12. The Bertz CT molecular complexity index is 456. The van der Waals surface area contributed by atoms with Crippen molar-refractivity contribution < 1.29 is 4.74 Å². The van der Waals surface area contributed by atoms with Crippen LogP contribution in [0.2, 0.25) is 10.0 Å². The lowest BCUT2D eigenvalue weighted by molar-refractivity contribution is -0.0292. The quantitative estimate of drug-likeness (QED) is 0.861. The summed E-state index contributed by atoms with van der Waals surface area (Å²) in [5, 5.41) is 5.02. The number of rotatable bonds is 3. The first-order valence-corrected chi connectivity index (χ1v) is 7.94. The van der Waals surface area contributed by atoms with Crippen molar-refractivity contribution in [2.45, 2.75) is 45.3 Å². The van der Waals surface area contributed by atoms with Crippen molar-refractivity contribution in [3.8, 4) is 0 Å². The van der Waals surface area contributed by atoms with Crippen molar-refractivity contribution in [1.82, 2.24) is 5.32 Å². The predicted molar refractivity (Wildman–Crippen MR) is 85.6 cm³/mol. The van der Waals surface area contributed by atoms with Crippen LogP contribution in [0.5, 0.6) is 0 Å². The molecule has 1 aromatic carbocycles. The molecule has 1 aliphatic rings.